The summed E-state index contributed by atoms with van der Waals surface area (Å²) >= 11 is 3.46. The van der Waals surface area contributed by atoms with Crippen molar-refractivity contribution in [3.05, 3.63) is 153 Å². The molecular weight excluding hydrogens is 1350 g/mol. The van der Waals surface area contributed by atoms with E-state index in [1.807, 2.05) is 6.92 Å². The summed E-state index contributed by atoms with van der Waals surface area (Å²) in [6.07, 6.45) is 32.4. The minimum atomic E-state index is -1.91. The number of carbonyl (C=O) groups excluding carboxylic acids is 1. The number of thiol groups is 1. The van der Waals surface area contributed by atoms with Crippen LogP contribution in [0, 0.1) is 41.5 Å². The van der Waals surface area contributed by atoms with Crippen LogP contribution in [0.5, 0.6) is 17.2 Å². The van der Waals surface area contributed by atoms with Gasteiger partial charge in [0.25, 0.3) is 8.32 Å². The van der Waals surface area contributed by atoms with Crippen LogP contribution < -0.4 is 65.7 Å². The summed E-state index contributed by atoms with van der Waals surface area (Å²) in [5.74, 6) is 1.71. The third-order valence-corrected chi connectivity index (χ3v) is 35.9. The van der Waals surface area contributed by atoms with Crippen molar-refractivity contribution in [1.29, 1.82) is 0 Å². The van der Waals surface area contributed by atoms with Crippen LogP contribution >= 0.6 is 19.9 Å². The maximum atomic E-state index is 11.4. The van der Waals surface area contributed by atoms with Crippen molar-refractivity contribution >= 4 is 70.4 Å². The number of hydrogen-bond acceptors (Lipinski definition) is 7. The molecule has 7 rings (SSSR count). The van der Waals surface area contributed by atoms with Gasteiger partial charge in [0.2, 0.25) is 0 Å². The number of fused-ring (bicyclic) bond motifs is 2. The molecule has 5 aromatic rings. The third kappa shape index (κ3) is 27.6. The quantitative estimate of drug-likeness (QED) is 0.00973. The minimum Gasteiger partial charge on any atom is -1.00 e. The summed E-state index contributed by atoms with van der Waals surface area (Å²) in [6, 6.07) is 34.7. The number of carboxylic acids is 2. The first-order valence-corrected chi connectivity index (χ1v) is 45.2. The molecule has 2 heterocycles. The van der Waals surface area contributed by atoms with E-state index in [2.05, 4.69) is 232 Å². The predicted molar refractivity (Wildman–Crippen MR) is 430 cm³/mol. The largest absolute Gasteiger partial charge is 1.00 e. The van der Waals surface area contributed by atoms with Gasteiger partial charge in [-0.15, -0.1) is 0 Å². The Balaban J connectivity index is 0.00000145. The van der Waals surface area contributed by atoms with E-state index in [1.165, 1.54) is 139 Å². The zero-order chi connectivity index (χ0) is 72.3. The fraction of sp³-hybridized carbons (Fsp3) is 0.588. The predicted octanol–water partition coefficient (Wildman–Crippen LogP) is 17.4. The van der Waals surface area contributed by atoms with Crippen molar-refractivity contribution < 1.29 is 77.1 Å². The van der Waals surface area contributed by atoms with Crippen LogP contribution in [0.2, 0.25) is 36.3 Å². The monoisotopic (exact) mass is 1490 g/mol. The molecule has 0 radical (unpaired) electrons. The number of aldehydes is 1. The number of hydrogen-bond donors (Lipinski definition) is 3. The van der Waals surface area contributed by atoms with E-state index >= 15 is 0 Å². The number of carboxylic acid groups (broad SMARTS) is 2. The van der Waals surface area contributed by atoms with Gasteiger partial charge >= 0.3 is 30.8 Å². The van der Waals surface area contributed by atoms with Crippen molar-refractivity contribution in [2.75, 3.05) is 12.4 Å². The molecule has 0 aromatic heterocycles. The zero-order valence-electron chi connectivity index (χ0n) is 66.6. The molecule has 0 unspecified atom stereocenters. The van der Waals surface area contributed by atoms with Gasteiger partial charge in [-0.25, -0.2) is 0 Å². The molecule has 0 spiro atoms. The molecular formula is C85H135BrLiO8PSSi2. The maximum absolute atomic E-state index is 11.4. The van der Waals surface area contributed by atoms with Crippen molar-refractivity contribution in [2.24, 2.45) is 0 Å². The molecule has 0 aliphatic carbocycles. The van der Waals surface area contributed by atoms with Gasteiger partial charge in [-0.3, -0.25) is 14.4 Å². The fourth-order valence-electron chi connectivity index (χ4n) is 13.0. The number of carbonyl (C=O) groups is 3. The van der Waals surface area contributed by atoms with E-state index in [4.69, 9.17) is 25.5 Å². The second kappa shape index (κ2) is 44.1. The van der Waals surface area contributed by atoms with Gasteiger partial charge in [-0.05, 0) is 242 Å². The summed E-state index contributed by atoms with van der Waals surface area (Å²) in [5, 5.41) is 22.4. The Morgan fingerprint density at radius 1 is 0.576 bits per heavy atom. The van der Waals surface area contributed by atoms with Crippen LogP contribution in [0.1, 0.15) is 257 Å². The number of unbranched alkanes of at least 4 members (excludes halogenated alkanes) is 16. The Morgan fingerprint density at radius 3 is 1.33 bits per heavy atom. The first kappa shape index (κ1) is 91.2. The van der Waals surface area contributed by atoms with Gasteiger partial charge in [-0.1, -0.05) is 200 Å². The average molecular weight is 1490 g/mol. The Hall–Kier alpha value is -3.86. The van der Waals surface area contributed by atoms with Gasteiger partial charge in [0.15, 0.2) is 11.9 Å². The van der Waals surface area contributed by atoms with E-state index in [0.29, 0.717) is 24.3 Å². The molecule has 2 aliphatic rings. The van der Waals surface area contributed by atoms with Crippen LogP contribution in [0.25, 0.3) is 0 Å². The number of aliphatic carboxylic acids is 2. The maximum Gasteiger partial charge on any atom is 1.00 e. The van der Waals surface area contributed by atoms with Gasteiger partial charge in [-0.2, -0.15) is 12.6 Å². The van der Waals surface area contributed by atoms with Crippen LogP contribution in [-0.4, -0.2) is 68.4 Å². The average Bonchev–Trinajstić information content (AvgIpc) is 0.864. The smallest absolute Gasteiger partial charge is 1.00 e. The van der Waals surface area contributed by atoms with Crippen LogP contribution in [0.4, 0.5) is 0 Å². The van der Waals surface area contributed by atoms with Crippen molar-refractivity contribution in [2.45, 2.75) is 312 Å². The Morgan fingerprint density at radius 2 is 0.939 bits per heavy atom. The van der Waals surface area contributed by atoms with E-state index < -0.39 is 41.2 Å². The molecule has 2 aliphatic heterocycles. The molecule has 14 heteroatoms. The van der Waals surface area contributed by atoms with Crippen LogP contribution in [-0.2, 0) is 33.3 Å². The molecule has 550 valence electrons. The summed E-state index contributed by atoms with van der Waals surface area (Å²) < 4.78 is 25.6. The molecule has 2 atom stereocenters. The number of ether oxygens (including phenoxy) is 2. The molecule has 0 amide bonds. The van der Waals surface area contributed by atoms with Gasteiger partial charge < -0.3 is 42.5 Å². The van der Waals surface area contributed by atoms with Crippen molar-refractivity contribution in [3.63, 3.8) is 0 Å². The summed E-state index contributed by atoms with van der Waals surface area (Å²) in [7, 11) is -5.01. The van der Waals surface area contributed by atoms with Gasteiger partial charge in [0, 0.05) is 19.8 Å². The van der Waals surface area contributed by atoms with Gasteiger partial charge in [0.05, 0.1) is 14.2 Å². The first-order valence-electron chi connectivity index (χ1n) is 37.2. The number of rotatable bonds is 32. The number of halogens is 1. The summed E-state index contributed by atoms with van der Waals surface area (Å²) in [4.78, 5) is 32.5. The third-order valence-electron chi connectivity index (χ3n) is 21.8. The van der Waals surface area contributed by atoms with E-state index in [1.54, 1.807) is 5.56 Å². The summed E-state index contributed by atoms with van der Waals surface area (Å²) in [5.41, 5.74) is 11.0. The molecule has 99 heavy (non-hydrogen) atoms. The molecule has 8 nitrogen and oxygen atoms in total. The molecule has 0 fully saturated rings. The second-order valence-corrected chi connectivity index (χ2v) is 45.3. The molecule has 0 saturated heterocycles. The standard InChI is InChI=1S/C33H56O3Si.C30H37O2P.C20H32O3Si.CH4S.CH4.BrH.Li.H/c1-25-26(2)31-28(27(3)29(25)24-37(8,9)32(4,5)6)21-23-33(7,36-31)22-19-17-15-13-11-10-12-14-16-18-20-30(34)35;31-30(32)25-17-6-4-2-1-3-5-7-18-26-33(27-19-11-8-12-20-27,28-21-13-9-14-22-28)29-23-15-10-16-24-29;1-13-14(2)18-16(10-11-20(7,12-21)22-18)15(3)17(13)23-24(8,9)19(4,5)6;1-2;;;;/h19,22H,10-18,20-21,23-24H2,1-9H3,(H,34,35);8-16,19-24H,1-7,17-18,25-26H2;12H,10-11H2,1-9H3;2H,1H3;1H4;1H;;/q;;;;;;+1;-1/b22-19+;;;;;;;/t33-;;20-;;;;;/m1.0...../s1/i;;;1D;;;;. The fourth-order valence-corrected chi connectivity index (χ4v) is 20.5. The van der Waals surface area contributed by atoms with Crippen LogP contribution in [0.15, 0.2) is 103 Å². The Bertz CT molecular complexity index is 3170. The minimum absolute atomic E-state index is 0. The first-order chi connectivity index (χ1) is 45.7. The van der Waals surface area contributed by atoms with Crippen molar-refractivity contribution in [1.82, 2.24) is 0 Å². The van der Waals surface area contributed by atoms with E-state index in [-0.39, 0.29) is 61.6 Å². The Kier molecular flexibility index (Phi) is 40.6. The topological polar surface area (TPSA) is 119 Å². The van der Waals surface area contributed by atoms with E-state index in [0.717, 1.165) is 92.4 Å². The second-order valence-electron chi connectivity index (χ2n) is 31.3. The number of benzene rings is 5. The molecule has 0 bridgehead atoms. The van der Waals surface area contributed by atoms with Crippen LogP contribution in [0.3, 0.4) is 0 Å². The molecule has 5 aromatic carbocycles. The van der Waals surface area contributed by atoms with Crippen molar-refractivity contribution in [3.8, 4) is 17.2 Å². The molecule has 0 saturated carbocycles. The van der Waals surface area contributed by atoms with Gasteiger partial charge in [0.1, 0.15) is 46.0 Å². The summed E-state index contributed by atoms with van der Waals surface area (Å²) in [6.45, 7) is 41.0. The number of allylic oxidation sites excluding steroid dienone is 1. The normalized spacial score (nSPS) is 15.9. The zero-order valence-corrected chi connectivity index (χ0v) is 70.0. The van der Waals surface area contributed by atoms with E-state index in [9.17, 15) is 14.4 Å². The molecule has 2 N–H and O–H groups in total. The SMILES string of the molecule is C.Cc1c(C)c2c(c(C)c1C[Si](C)(C)C(C)(C)C)CC[C@@](C)(/C=C/CCCCCCCCCCC(=O)O)O2.Cc1c(C)c2c(c(C)c1O[Si](C)(C)C(C)(C)C)CC[C@@](C)(C=O)O2.O=C(O)CCCCCCCCCCC[P+](c1ccccc1)(c1ccccc1)c1ccccc1.[2H]CS.[Br-].[H-].[Li+]. The Labute approximate surface area is 637 Å².